The van der Waals surface area contributed by atoms with Gasteiger partial charge in [0, 0.05) is 12.2 Å². The highest BCUT2D eigenvalue weighted by Gasteiger charge is 2.35. The van der Waals surface area contributed by atoms with Crippen LogP contribution in [0.25, 0.3) is 0 Å². The van der Waals surface area contributed by atoms with Crippen molar-refractivity contribution in [2.75, 3.05) is 5.32 Å². The quantitative estimate of drug-likeness (QED) is 0.863. The molecule has 4 heteroatoms. The number of pyridine rings is 1. The van der Waals surface area contributed by atoms with Crippen LogP contribution in [0.15, 0.2) is 12.3 Å². The average Bonchev–Trinajstić information content (AvgIpc) is 2.58. The van der Waals surface area contributed by atoms with Gasteiger partial charge >= 0.3 is 5.97 Å². The molecule has 1 aromatic heterocycles. The largest absolute Gasteiger partial charge is 0.478 e. The number of nitrogens with zero attached hydrogens (tertiary/aromatic N) is 1. The van der Waals surface area contributed by atoms with Crippen LogP contribution in [0, 0.1) is 12.3 Å². The molecule has 0 radical (unpaired) electrons. The molecule has 1 unspecified atom stereocenters. The van der Waals surface area contributed by atoms with Gasteiger partial charge in [0.25, 0.3) is 0 Å². The van der Waals surface area contributed by atoms with Gasteiger partial charge in [0.2, 0.25) is 0 Å². The predicted octanol–water partition coefficient (Wildman–Crippen LogP) is 3.08. The summed E-state index contributed by atoms with van der Waals surface area (Å²) in [5, 5.41) is 12.6. The second-order valence-corrected chi connectivity index (χ2v) is 5.73. The number of nitrogens with one attached hydrogen (secondary N) is 1. The molecule has 18 heavy (non-hydrogen) atoms. The molecule has 4 nitrogen and oxygen atoms in total. The Bertz CT molecular complexity index is 469. The summed E-state index contributed by atoms with van der Waals surface area (Å²) in [6.07, 6.45) is 5.07. The highest BCUT2D eigenvalue weighted by atomic mass is 16.4. The molecular weight excluding hydrogens is 228 g/mol. The fourth-order valence-electron chi connectivity index (χ4n) is 2.70. The minimum absolute atomic E-state index is 0.196. The lowest BCUT2D eigenvalue weighted by Gasteiger charge is -2.28. The van der Waals surface area contributed by atoms with Crippen LogP contribution in [-0.4, -0.2) is 22.1 Å². The molecule has 0 spiro atoms. The van der Waals surface area contributed by atoms with Crippen molar-refractivity contribution < 1.29 is 9.90 Å². The molecule has 1 fully saturated rings. The van der Waals surface area contributed by atoms with Gasteiger partial charge in [0.1, 0.15) is 11.4 Å². The summed E-state index contributed by atoms with van der Waals surface area (Å²) in [4.78, 5) is 15.5. The monoisotopic (exact) mass is 248 g/mol. The molecule has 1 saturated carbocycles. The van der Waals surface area contributed by atoms with Crippen molar-refractivity contribution in [1.29, 1.82) is 0 Å². The zero-order chi connectivity index (χ0) is 13.3. The summed E-state index contributed by atoms with van der Waals surface area (Å²) in [6, 6.07) is 2.03. The second-order valence-electron chi connectivity index (χ2n) is 5.73. The number of aromatic nitrogens is 1. The van der Waals surface area contributed by atoms with E-state index in [9.17, 15) is 9.90 Å². The number of anilines is 1. The second kappa shape index (κ2) is 4.59. The number of carboxylic acids is 1. The topological polar surface area (TPSA) is 62.2 Å². The van der Waals surface area contributed by atoms with Crippen LogP contribution < -0.4 is 5.32 Å². The standard InChI is InChI=1S/C14H20N2O2/c1-9-6-8-15-12(11(9)13(17)18)16-10-5-4-7-14(10,2)3/h6,8,10H,4-5,7H2,1-3H3,(H,15,16)(H,17,18). The van der Waals surface area contributed by atoms with Crippen molar-refractivity contribution in [2.45, 2.75) is 46.1 Å². The maximum atomic E-state index is 11.3. The van der Waals surface area contributed by atoms with Crippen LogP contribution >= 0.6 is 0 Å². The van der Waals surface area contributed by atoms with Crippen LogP contribution in [0.4, 0.5) is 5.82 Å². The SMILES string of the molecule is Cc1ccnc(NC2CCCC2(C)C)c1C(=O)O. The third-order valence-corrected chi connectivity index (χ3v) is 3.94. The first-order valence-electron chi connectivity index (χ1n) is 6.37. The number of hydrogen-bond donors (Lipinski definition) is 2. The maximum absolute atomic E-state index is 11.3. The summed E-state index contributed by atoms with van der Waals surface area (Å²) in [5.41, 5.74) is 1.23. The van der Waals surface area contributed by atoms with E-state index in [1.807, 2.05) is 0 Å². The van der Waals surface area contributed by atoms with E-state index >= 15 is 0 Å². The van der Waals surface area contributed by atoms with Crippen molar-refractivity contribution in [1.82, 2.24) is 4.98 Å². The van der Waals surface area contributed by atoms with Crippen LogP contribution in [0.5, 0.6) is 0 Å². The van der Waals surface area contributed by atoms with Crippen molar-refractivity contribution in [2.24, 2.45) is 5.41 Å². The van der Waals surface area contributed by atoms with E-state index in [1.165, 1.54) is 12.8 Å². The molecule has 1 aromatic rings. The highest BCUT2D eigenvalue weighted by molar-refractivity contribution is 5.94. The van der Waals surface area contributed by atoms with E-state index in [1.54, 1.807) is 19.2 Å². The van der Waals surface area contributed by atoms with Gasteiger partial charge < -0.3 is 10.4 Å². The number of aromatic carboxylic acids is 1. The third kappa shape index (κ3) is 2.33. The van der Waals surface area contributed by atoms with Gasteiger partial charge in [-0.15, -0.1) is 0 Å². The normalized spacial score (nSPS) is 21.8. The van der Waals surface area contributed by atoms with Gasteiger partial charge in [0.15, 0.2) is 0 Å². The summed E-state index contributed by atoms with van der Waals surface area (Å²) >= 11 is 0. The molecule has 98 valence electrons. The first-order valence-corrected chi connectivity index (χ1v) is 6.37. The molecular formula is C14H20N2O2. The molecule has 0 amide bonds. The van der Waals surface area contributed by atoms with E-state index in [-0.39, 0.29) is 5.41 Å². The molecule has 0 aliphatic heterocycles. The van der Waals surface area contributed by atoms with Gasteiger partial charge in [-0.1, -0.05) is 20.3 Å². The molecule has 0 bridgehead atoms. The minimum atomic E-state index is -0.918. The first-order chi connectivity index (χ1) is 8.42. The molecule has 1 atom stereocenters. The van der Waals surface area contributed by atoms with Gasteiger partial charge in [-0.05, 0) is 36.8 Å². The fourth-order valence-corrected chi connectivity index (χ4v) is 2.70. The maximum Gasteiger partial charge on any atom is 0.339 e. The van der Waals surface area contributed by atoms with Crippen LogP contribution in [0.3, 0.4) is 0 Å². The van der Waals surface area contributed by atoms with E-state index in [2.05, 4.69) is 24.1 Å². The number of rotatable bonds is 3. The minimum Gasteiger partial charge on any atom is -0.478 e. The molecule has 1 aliphatic rings. The summed E-state index contributed by atoms with van der Waals surface area (Å²) in [5.74, 6) is -0.415. The zero-order valence-corrected chi connectivity index (χ0v) is 11.2. The predicted molar refractivity (Wildman–Crippen MR) is 71.0 cm³/mol. The lowest BCUT2D eigenvalue weighted by Crippen LogP contribution is -2.32. The van der Waals surface area contributed by atoms with E-state index in [0.29, 0.717) is 17.4 Å². The number of hydrogen-bond acceptors (Lipinski definition) is 3. The fraction of sp³-hybridized carbons (Fsp3) is 0.571. The summed E-state index contributed by atoms with van der Waals surface area (Å²) < 4.78 is 0. The summed E-state index contributed by atoms with van der Waals surface area (Å²) in [7, 11) is 0. The molecule has 1 heterocycles. The van der Waals surface area contributed by atoms with Crippen molar-refractivity contribution >= 4 is 11.8 Å². The zero-order valence-electron chi connectivity index (χ0n) is 11.2. The Labute approximate surface area is 107 Å². The van der Waals surface area contributed by atoms with Crippen LogP contribution in [0.1, 0.15) is 49.0 Å². The molecule has 0 saturated heterocycles. The van der Waals surface area contributed by atoms with E-state index in [4.69, 9.17) is 0 Å². The number of aryl methyl sites for hydroxylation is 1. The molecule has 0 aromatic carbocycles. The van der Waals surface area contributed by atoms with Gasteiger partial charge in [-0.3, -0.25) is 0 Å². The van der Waals surface area contributed by atoms with Gasteiger partial charge in [-0.25, -0.2) is 9.78 Å². The Morgan fingerprint density at radius 3 is 2.83 bits per heavy atom. The third-order valence-electron chi connectivity index (χ3n) is 3.94. The number of carboxylic acid groups (broad SMARTS) is 1. The van der Waals surface area contributed by atoms with Gasteiger partial charge in [0.05, 0.1) is 0 Å². The van der Waals surface area contributed by atoms with Crippen molar-refractivity contribution in [3.05, 3.63) is 23.4 Å². The Balaban J connectivity index is 2.29. The lowest BCUT2D eigenvalue weighted by atomic mass is 9.87. The Morgan fingerprint density at radius 2 is 2.28 bits per heavy atom. The Kier molecular flexibility index (Phi) is 3.28. The summed E-state index contributed by atoms with van der Waals surface area (Å²) in [6.45, 7) is 6.23. The Morgan fingerprint density at radius 1 is 1.56 bits per heavy atom. The molecule has 2 N–H and O–H groups in total. The first kappa shape index (κ1) is 12.9. The van der Waals surface area contributed by atoms with Crippen molar-refractivity contribution in [3.63, 3.8) is 0 Å². The average molecular weight is 248 g/mol. The lowest BCUT2D eigenvalue weighted by molar-refractivity contribution is 0.0696. The highest BCUT2D eigenvalue weighted by Crippen LogP contribution is 2.39. The number of carbonyl (C=O) groups is 1. The van der Waals surface area contributed by atoms with Crippen LogP contribution in [0.2, 0.25) is 0 Å². The van der Waals surface area contributed by atoms with Crippen LogP contribution in [-0.2, 0) is 0 Å². The molecule has 2 rings (SSSR count). The smallest absolute Gasteiger partial charge is 0.339 e. The van der Waals surface area contributed by atoms with Gasteiger partial charge in [-0.2, -0.15) is 0 Å². The molecule has 1 aliphatic carbocycles. The van der Waals surface area contributed by atoms with E-state index in [0.717, 1.165) is 12.0 Å². The Hall–Kier alpha value is -1.58. The van der Waals surface area contributed by atoms with Crippen molar-refractivity contribution in [3.8, 4) is 0 Å². The van der Waals surface area contributed by atoms with E-state index < -0.39 is 5.97 Å².